The largest absolute Gasteiger partial charge is 0.355 e. The van der Waals surface area contributed by atoms with Gasteiger partial charge in [0, 0.05) is 37.6 Å². The van der Waals surface area contributed by atoms with Crippen LogP contribution in [0.2, 0.25) is 0 Å². The number of fused-ring (bicyclic) bond motifs is 1. The summed E-state index contributed by atoms with van der Waals surface area (Å²) in [6.45, 7) is 1.48. The minimum atomic E-state index is -0.246. The van der Waals surface area contributed by atoms with E-state index in [4.69, 9.17) is 0 Å². The summed E-state index contributed by atoms with van der Waals surface area (Å²) in [6, 6.07) is 12.3. The second kappa shape index (κ2) is 8.74. The van der Waals surface area contributed by atoms with Crippen LogP contribution in [0.5, 0.6) is 0 Å². The maximum absolute atomic E-state index is 14.0. The predicted octanol–water partition coefficient (Wildman–Crippen LogP) is 3.94. The van der Waals surface area contributed by atoms with Gasteiger partial charge in [0.15, 0.2) is 0 Å². The van der Waals surface area contributed by atoms with Gasteiger partial charge in [0.1, 0.15) is 17.5 Å². The first-order valence-electron chi connectivity index (χ1n) is 10.7. The summed E-state index contributed by atoms with van der Waals surface area (Å²) in [7, 11) is 0. The number of nitrogens with one attached hydrogen (secondary N) is 2. The van der Waals surface area contributed by atoms with Crippen molar-refractivity contribution in [3.05, 3.63) is 78.3 Å². The Morgan fingerprint density at radius 3 is 2.97 bits per heavy atom. The molecule has 1 aliphatic heterocycles. The standard InChI is InChI=1S/C24H23FN6O/c25-19-6-2-1-4-16(19)12-22-29-20-8-7-18(13-21(20)30-22)28-24(32)17-5-3-11-31(15-17)23-14-26-9-10-27-23/h1-2,4,6-10,13-14,17H,3,5,11-12,15H2,(H,28,32)(H,29,30). The Balaban J connectivity index is 1.27. The summed E-state index contributed by atoms with van der Waals surface area (Å²) < 4.78 is 14.0. The van der Waals surface area contributed by atoms with Crippen LogP contribution >= 0.6 is 0 Å². The molecule has 1 unspecified atom stereocenters. The molecule has 4 aromatic rings. The first-order valence-corrected chi connectivity index (χ1v) is 10.7. The third-order valence-corrected chi connectivity index (χ3v) is 5.78. The zero-order valence-electron chi connectivity index (χ0n) is 17.5. The lowest BCUT2D eigenvalue weighted by Gasteiger charge is -2.32. The molecule has 0 bridgehead atoms. The molecule has 2 N–H and O–H groups in total. The van der Waals surface area contributed by atoms with Gasteiger partial charge >= 0.3 is 0 Å². The molecule has 0 spiro atoms. The monoisotopic (exact) mass is 430 g/mol. The minimum absolute atomic E-state index is 0.0102. The van der Waals surface area contributed by atoms with Crippen LogP contribution in [0.4, 0.5) is 15.9 Å². The first kappa shape index (κ1) is 20.1. The van der Waals surface area contributed by atoms with E-state index < -0.39 is 0 Å². The number of carbonyl (C=O) groups excluding carboxylic acids is 1. The quantitative estimate of drug-likeness (QED) is 0.501. The lowest BCUT2D eigenvalue weighted by molar-refractivity contribution is -0.120. The Labute approximate surface area is 184 Å². The van der Waals surface area contributed by atoms with Gasteiger partial charge in [-0.3, -0.25) is 9.78 Å². The number of piperidine rings is 1. The zero-order chi connectivity index (χ0) is 21.9. The molecule has 0 saturated carbocycles. The fourth-order valence-corrected chi connectivity index (χ4v) is 4.14. The van der Waals surface area contributed by atoms with Gasteiger partial charge in [-0.15, -0.1) is 0 Å². The SMILES string of the molecule is O=C(Nc1ccc2nc(Cc3ccccc3F)[nH]c2c1)C1CCCN(c2cnccn2)C1. The van der Waals surface area contributed by atoms with Crippen LogP contribution in [0.15, 0.2) is 61.1 Å². The number of rotatable bonds is 5. The van der Waals surface area contributed by atoms with Crippen molar-refractivity contribution in [1.29, 1.82) is 0 Å². The third kappa shape index (κ3) is 4.30. The molecule has 1 atom stereocenters. The number of aromatic nitrogens is 4. The number of aromatic amines is 1. The molecule has 1 aliphatic rings. The van der Waals surface area contributed by atoms with E-state index in [9.17, 15) is 9.18 Å². The van der Waals surface area contributed by atoms with Crippen molar-refractivity contribution >= 4 is 28.4 Å². The van der Waals surface area contributed by atoms with Crippen molar-refractivity contribution in [2.45, 2.75) is 19.3 Å². The number of carbonyl (C=O) groups is 1. The Bertz CT molecular complexity index is 1240. The number of amides is 1. The molecule has 32 heavy (non-hydrogen) atoms. The zero-order valence-corrected chi connectivity index (χ0v) is 17.5. The lowest BCUT2D eigenvalue weighted by atomic mass is 9.97. The average molecular weight is 430 g/mol. The van der Waals surface area contributed by atoms with Gasteiger partial charge in [0.2, 0.25) is 5.91 Å². The van der Waals surface area contributed by atoms with Crippen molar-refractivity contribution in [3.8, 4) is 0 Å². The Kier molecular flexibility index (Phi) is 5.49. The van der Waals surface area contributed by atoms with Gasteiger partial charge in [-0.25, -0.2) is 14.4 Å². The summed E-state index contributed by atoms with van der Waals surface area (Å²) in [5, 5.41) is 3.03. The number of imidazole rings is 1. The van der Waals surface area contributed by atoms with Gasteiger partial charge in [-0.1, -0.05) is 18.2 Å². The van der Waals surface area contributed by atoms with Gasteiger partial charge in [-0.2, -0.15) is 0 Å². The van der Waals surface area contributed by atoms with E-state index in [1.807, 2.05) is 24.3 Å². The average Bonchev–Trinajstić information content (AvgIpc) is 3.23. The van der Waals surface area contributed by atoms with Gasteiger partial charge < -0.3 is 15.2 Å². The van der Waals surface area contributed by atoms with Gasteiger partial charge in [0.25, 0.3) is 0 Å². The number of anilines is 2. The highest BCUT2D eigenvalue weighted by atomic mass is 19.1. The maximum Gasteiger partial charge on any atom is 0.229 e. The molecule has 0 aliphatic carbocycles. The van der Waals surface area contributed by atoms with Crippen LogP contribution in [-0.4, -0.2) is 38.9 Å². The molecule has 162 valence electrons. The summed E-state index contributed by atoms with van der Waals surface area (Å²) in [5.74, 6) is 1.10. The van der Waals surface area contributed by atoms with E-state index in [0.29, 0.717) is 30.0 Å². The number of hydrogen-bond acceptors (Lipinski definition) is 5. The second-order valence-electron chi connectivity index (χ2n) is 8.02. The Morgan fingerprint density at radius 1 is 1.22 bits per heavy atom. The maximum atomic E-state index is 14.0. The number of nitrogens with zero attached hydrogens (tertiary/aromatic N) is 4. The van der Waals surface area contributed by atoms with E-state index in [1.54, 1.807) is 30.7 Å². The molecule has 0 radical (unpaired) electrons. The summed E-state index contributed by atoms with van der Waals surface area (Å²) in [4.78, 5) is 31.3. The highest BCUT2D eigenvalue weighted by molar-refractivity contribution is 5.95. The topological polar surface area (TPSA) is 86.8 Å². The fraction of sp³-hybridized carbons (Fsp3) is 0.250. The molecule has 5 rings (SSSR count). The van der Waals surface area contributed by atoms with Gasteiger partial charge in [-0.05, 0) is 42.7 Å². The molecular formula is C24H23FN6O. The van der Waals surface area contributed by atoms with E-state index in [-0.39, 0.29) is 17.6 Å². The minimum Gasteiger partial charge on any atom is -0.355 e. The predicted molar refractivity (Wildman–Crippen MR) is 121 cm³/mol. The van der Waals surface area contributed by atoms with Crippen LogP contribution in [0.1, 0.15) is 24.2 Å². The molecule has 3 heterocycles. The normalized spacial score (nSPS) is 16.3. The van der Waals surface area contributed by atoms with E-state index >= 15 is 0 Å². The molecule has 1 fully saturated rings. The number of hydrogen-bond donors (Lipinski definition) is 2. The highest BCUT2D eigenvalue weighted by Crippen LogP contribution is 2.24. The van der Waals surface area contributed by atoms with Crippen LogP contribution < -0.4 is 10.2 Å². The fourth-order valence-electron chi connectivity index (χ4n) is 4.14. The smallest absolute Gasteiger partial charge is 0.229 e. The van der Waals surface area contributed by atoms with E-state index in [1.165, 1.54) is 6.07 Å². The van der Waals surface area contributed by atoms with Crippen LogP contribution in [0.25, 0.3) is 11.0 Å². The number of H-pyrrole nitrogens is 1. The molecule has 2 aromatic heterocycles. The summed E-state index contributed by atoms with van der Waals surface area (Å²) >= 11 is 0. The number of halogens is 1. The van der Waals surface area contributed by atoms with Crippen molar-refractivity contribution < 1.29 is 9.18 Å². The lowest BCUT2D eigenvalue weighted by Crippen LogP contribution is -2.41. The molecular weight excluding hydrogens is 407 g/mol. The molecule has 2 aromatic carbocycles. The van der Waals surface area contributed by atoms with E-state index in [2.05, 4.69) is 30.2 Å². The van der Waals surface area contributed by atoms with Crippen LogP contribution in [0, 0.1) is 11.7 Å². The number of benzene rings is 2. The Hall–Kier alpha value is -3.81. The summed E-state index contributed by atoms with van der Waals surface area (Å²) in [6.07, 6.45) is 7.17. The van der Waals surface area contributed by atoms with Crippen LogP contribution in [-0.2, 0) is 11.2 Å². The van der Waals surface area contributed by atoms with Crippen molar-refractivity contribution in [2.75, 3.05) is 23.3 Å². The molecule has 8 heteroatoms. The first-order chi connectivity index (χ1) is 15.7. The molecule has 7 nitrogen and oxygen atoms in total. The Morgan fingerprint density at radius 2 is 2.12 bits per heavy atom. The van der Waals surface area contributed by atoms with Crippen molar-refractivity contribution in [3.63, 3.8) is 0 Å². The third-order valence-electron chi connectivity index (χ3n) is 5.78. The van der Waals surface area contributed by atoms with E-state index in [0.717, 1.165) is 36.2 Å². The summed E-state index contributed by atoms with van der Waals surface area (Å²) in [5.41, 5.74) is 2.88. The second-order valence-corrected chi connectivity index (χ2v) is 8.02. The van der Waals surface area contributed by atoms with Crippen molar-refractivity contribution in [1.82, 2.24) is 19.9 Å². The molecule has 1 amide bonds. The van der Waals surface area contributed by atoms with Crippen molar-refractivity contribution in [2.24, 2.45) is 5.92 Å². The van der Waals surface area contributed by atoms with Crippen LogP contribution in [0.3, 0.4) is 0 Å². The highest BCUT2D eigenvalue weighted by Gasteiger charge is 2.26. The van der Waals surface area contributed by atoms with Gasteiger partial charge in [0.05, 0.1) is 23.1 Å². The molecule has 1 saturated heterocycles.